The molecule has 1 saturated heterocycles. The molecule has 4 rings (SSSR count). The van der Waals surface area contributed by atoms with Crippen molar-refractivity contribution in [3.8, 4) is 16.9 Å². The first-order chi connectivity index (χ1) is 17.8. The van der Waals surface area contributed by atoms with Crippen LogP contribution >= 0.6 is 0 Å². The first-order valence-corrected chi connectivity index (χ1v) is 12.1. The molecule has 0 radical (unpaired) electrons. The van der Waals surface area contributed by atoms with E-state index >= 15 is 0 Å². The van der Waals surface area contributed by atoms with Crippen molar-refractivity contribution in [1.29, 1.82) is 0 Å². The van der Waals surface area contributed by atoms with E-state index < -0.39 is 41.6 Å². The SMILES string of the molecule is COc1cc(F)c(C(C)C)cc1-c1cc(F)ccc1CN1C(=O)O[C@H](c2cc(C)cc(C(F)(F)F)c2)[C@@H]1C. The third kappa shape index (κ3) is 5.33. The van der Waals surface area contributed by atoms with Crippen LogP contribution in [0.2, 0.25) is 0 Å². The van der Waals surface area contributed by atoms with E-state index in [0.29, 0.717) is 27.8 Å². The van der Waals surface area contributed by atoms with Crippen molar-refractivity contribution in [3.63, 3.8) is 0 Å². The van der Waals surface area contributed by atoms with Gasteiger partial charge in [0.1, 0.15) is 23.5 Å². The molecule has 3 aromatic carbocycles. The molecule has 0 aliphatic carbocycles. The van der Waals surface area contributed by atoms with Crippen molar-refractivity contribution in [2.75, 3.05) is 7.11 Å². The summed E-state index contributed by atoms with van der Waals surface area (Å²) in [5.41, 5.74) is 1.63. The maximum atomic E-state index is 14.6. The predicted molar refractivity (Wildman–Crippen MR) is 133 cm³/mol. The lowest BCUT2D eigenvalue weighted by atomic mass is 9.92. The maximum Gasteiger partial charge on any atom is 0.416 e. The number of aryl methyl sites for hydroxylation is 1. The Labute approximate surface area is 218 Å². The fraction of sp³-hybridized carbons (Fsp3) is 0.345. The Bertz CT molecular complexity index is 1370. The van der Waals surface area contributed by atoms with E-state index in [1.165, 1.54) is 36.3 Å². The van der Waals surface area contributed by atoms with Gasteiger partial charge in [-0.25, -0.2) is 13.6 Å². The van der Waals surface area contributed by atoms with E-state index in [1.54, 1.807) is 26.0 Å². The Morgan fingerprint density at radius 2 is 1.74 bits per heavy atom. The number of hydrogen-bond acceptors (Lipinski definition) is 3. The molecule has 38 heavy (non-hydrogen) atoms. The van der Waals surface area contributed by atoms with E-state index in [1.807, 2.05) is 13.8 Å². The Morgan fingerprint density at radius 1 is 1.03 bits per heavy atom. The fourth-order valence-corrected chi connectivity index (χ4v) is 4.81. The zero-order valence-electron chi connectivity index (χ0n) is 21.6. The second kappa shape index (κ2) is 10.3. The fourth-order valence-electron chi connectivity index (χ4n) is 4.81. The number of benzene rings is 3. The second-order valence-electron chi connectivity index (χ2n) is 9.83. The number of rotatable bonds is 6. The minimum atomic E-state index is -4.54. The van der Waals surface area contributed by atoms with Crippen molar-refractivity contribution < 1.29 is 36.2 Å². The van der Waals surface area contributed by atoms with Crippen LogP contribution in [-0.4, -0.2) is 24.1 Å². The van der Waals surface area contributed by atoms with Gasteiger partial charge in [-0.2, -0.15) is 13.2 Å². The molecule has 202 valence electrons. The molecule has 0 aromatic heterocycles. The number of ether oxygens (including phenoxy) is 2. The molecule has 1 amide bonds. The van der Waals surface area contributed by atoms with Gasteiger partial charge in [-0.3, -0.25) is 4.90 Å². The van der Waals surface area contributed by atoms with Gasteiger partial charge < -0.3 is 9.47 Å². The topological polar surface area (TPSA) is 38.8 Å². The van der Waals surface area contributed by atoms with Crippen LogP contribution in [0.5, 0.6) is 5.75 Å². The van der Waals surface area contributed by atoms with Crippen LogP contribution in [0.15, 0.2) is 48.5 Å². The monoisotopic (exact) mass is 533 g/mol. The summed E-state index contributed by atoms with van der Waals surface area (Å²) < 4.78 is 80.1. The quantitative estimate of drug-likeness (QED) is 0.300. The molecule has 4 nitrogen and oxygen atoms in total. The highest BCUT2D eigenvalue weighted by atomic mass is 19.4. The third-order valence-corrected chi connectivity index (χ3v) is 6.79. The minimum absolute atomic E-state index is 0.0123. The number of carbonyl (C=O) groups is 1. The van der Waals surface area contributed by atoms with Crippen molar-refractivity contribution in [3.05, 3.63) is 88.0 Å². The summed E-state index contributed by atoms with van der Waals surface area (Å²) in [7, 11) is 1.38. The first-order valence-electron chi connectivity index (χ1n) is 12.1. The van der Waals surface area contributed by atoms with E-state index in [0.717, 1.165) is 12.1 Å². The van der Waals surface area contributed by atoms with Gasteiger partial charge in [-0.15, -0.1) is 0 Å². The van der Waals surface area contributed by atoms with E-state index in [4.69, 9.17) is 9.47 Å². The number of carbonyl (C=O) groups excluding carboxylic acids is 1. The third-order valence-electron chi connectivity index (χ3n) is 6.79. The van der Waals surface area contributed by atoms with Gasteiger partial charge in [0.2, 0.25) is 0 Å². The molecule has 1 heterocycles. The summed E-state index contributed by atoms with van der Waals surface area (Å²) in [6.07, 6.45) is -6.18. The zero-order valence-corrected chi connectivity index (χ0v) is 21.6. The standard InChI is InChI=1S/C29H28F5NO3/c1-15(2)22-12-24(26(37-5)13-25(22)31)23-11-21(30)7-6-18(23)14-35-17(4)27(38-28(35)36)19-8-16(3)9-20(10-19)29(32,33)34/h6-13,15,17,27H,14H2,1-5H3/t17-,27-/m0/s1. The van der Waals surface area contributed by atoms with Gasteiger partial charge in [0, 0.05) is 11.6 Å². The number of hydrogen-bond donors (Lipinski definition) is 0. The van der Waals surface area contributed by atoms with Crippen molar-refractivity contribution >= 4 is 6.09 Å². The Kier molecular flexibility index (Phi) is 7.41. The molecule has 0 saturated carbocycles. The Balaban J connectivity index is 1.72. The molecule has 1 aliphatic rings. The smallest absolute Gasteiger partial charge is 0.416 e. The normalized spacial score (nSPS) is 17.8. The molecule has 1 fully saturated rings. The maximum absolute atomic E-state index is 14.6. The van der Waals surface area contributed by atoms with Crippen LogP contribution in [0, 0.1) is 18.6 Å². The lowest BCUT2D eigenvalue weighted by Crippen LogP contribution is -2.31. The van der Waals surface area contributed by atoms with Gasteiger partial charge in [0.25, 0.3) is 0 Å². The molecular weight excluding hydrogens is 505 g/mol. The summed E-state index contributed by atoms with van der Waals surface area (Å²) >= 11 is 0. The van der Waals surface area contributed by atoms with Crippen LogP contribution in [0.1, 0.15) is 60.6 Å². The predicted octanol–water partition coefficient (Wildman–Crippen LogP) is 8.17. The van der Waals surface area contributed by atoms with Crippen LogP contribution in [0.3, 0.4) is 0 Å². The van der Waals surface area contributed by atoms with Crippen LogP contribution < -0.4 is 4.74 Å². The minimum Gasteiger partial charge on any atom is -0.496 e. The molecule has 0 N–H and O–H groups in total. The molecule has 0 spiro atoms. The number of halogens is 5. The van der Waals surface area contributed by atoms with Crippen molar-refractivity contribution in [1.82, 2.24) is 4.90 Å². The van der Waals surface area contributed by atoms with Crippen molar-refractivity contribution in [2.24, 2.45) is 0 Å². The van der Waals surface area contributed by atoms with Gasteiger partial charge >= 0.3 is 12.3 Å². The second-order valence-corrected chi connectivity index (χ2v) is 9.83. The molecule has 0 unspecified atom stereocenters. The number of methoxy groups -OCH3 is 1. The highest BCUT2D eigenvalue weighted by Gasteiger charge is 2.41. The summed E-state index contributed by atoms with van der Waals surface area (Å²) in [4.78, 5) is 14.3. The summed E-state index contributed by atoms with van der Waals surface area (Å²) in [6, 6.07) is 9.88. The number of nitrogens with zero attached hydrogens (tertiary/aromatic N) is 1. The van der Waals surface area contributed by atoms with Gasteiger partial charge in [0.05, 0.1) is 25.3 Å². The van der Waals surface area contributed by atoms with E-state index in [2.05, 4.69) is 0 Å². The average molecular weight is 534 g/mol. The van der Waals surface area contributed by atoms with E-state index in [9.17, 15) is 26.7 Å². The molecule has 0 bridgehead atoms. The number of alkyl halides is 3. The summed E-state index contributed by atoms with van der Waals surface area (Å²) in [5.74, 6) is -0.930. The van der Waals surface area contributed by atoms with Crippen LogP contribution in [0.4, 0.5) is 26.7 Å². The molecule has 3 aromatic rings. The molecule has 2 atom stereocenters. The van der Waals surface area contributed by atoms with Crippen molar-refractivity contribution in [2.45, 2.75) is 58.5 Å². The summed E-state index contributed by atoms with van der Waals surface area (Å²) in [6.45, 7) is 6.88. The summed E-state index contributed by atoms with van der Waals surface area (Å²) in [5, 5.41) is 0. The average Bonchev–Trinajstić information content (AvgIpc) is 3.12. The lowest BCUT2D eigenvalue weighted by molar-refractivity contribution is -0.137. The zero-order chi connectivity index (χ0) is 27.9. The van der Waals surface area contributed by atoms with Crippen LogP contribution in [-0.2, 0) is 17.5 Å². The number of cyclic esters (lactones) is 1. The Hall–Kier alpha value is -3.62. The largest absolute Gasteiger partial charge is 0.496 e. The lowest BCUT2D eigenvalue weighted by Gasteiger charge is -2.24. The molecular formula is C29H28F5NO3. The Morgan fingerprint density at radius 3 is 2.37 bits per heavy atom. The van der Waals surface area contributed by atoms with Gasteiger partial charge in [0.15, 0.2) is 0 Å². The first kappa shape index (κ1) is 27.4. The number of amides is 1. The highest BCUT2D eigenvalue weighted by molar-refractivity contribution is 5.76. The van der Waals surface area contributed by atoms with Gasteiger partial charge in [-0.05, 0) is 72.4 Å². The van der Waals surface area contributed by atoms with Gasteiger partial charge in [-0.1, -0.05) is 31.5 Å². The highest BCUT2D eigenvalue weighted by Crippen LogP contribution is 2.40. The van der Waals surface area contributed by atoms with Crippen LogP contribution in [0.25, 0.3) is 11.1 Å². The van der Waals surface area contributed by atoms with E-state index in [-0.39, 0.29) is 23.8 Å². The molecule has 1 aliphatic heterocycles. The molecule has 9 heteroatoms.